The van der Waals surface area contributed by atoms with Gasteiger partial charge in [0.25, 0.3) is 5.56 Å². The van der Waals surface area contributed by atoms with Gasteiger partial charge in [0.2, 0.25) is 5.91 Å². The normalized spacial score (nSPS) is 21.2. The number of carbonyl (C=O) groups is 2. The Balaban J connectivity index is 1.48. The molecule has 0 saturated carbocycles. The van der Waals surface area contributed by atoms with Crippen molar-refractivity contribution in [3.63, 3.8) is 0 Å². The van der Waals surface area contributed by atoms with E-state index in [9.17, 15) is 14.4 Å². The Morgan fingerprint density at radius 1 is 1.03 bits per heavy atom. The monoisotopic (exact) mass is 436 g/mol. The van der Waals surface area contributed by atoms with Crippen LogP contribution in [0.5, 0.6) is 0 Å². The molecule has 1 unspecified atom stereocenters. The van der Waals surface area contributed by atoms with Crippen molar-refractivity contribution in [3.8, 4) is 0 Å². The van der Waals surface area contributed by atoms with E-state index in [1.165, 1.54) is 0 Å². The van der Waals surface area contributed by atoms with Crippen LogP contribution in [0.3, 0.4) is 0 Å². The molecule has 2 aromatic rings. The molecule has 0 spiro atoms. The Kier molecular flexibility index (Phi) is 6.63. The summed E-state index contributed by atoms with van der Waals surface area (Å²) in [5, 5.41) is 6.00. The van der Waals surface area contributed by atoms with Gasteiger partial charge in [-0.3, -0.25) is 9.59 Å². The van der Waals surface area contributed by atoms with Gasteiger partial charge < -0.3 is 20.1 Å². The van der Waals surface area contributed by atoms with Gasteiger partial charge in [-0.05, 0) is 37.3 Å². The molecule has 170 valence electrons. The second kappa shape index (κ2) is 9.59. The highest BCUT2D eigenvalue weighted by Gasteiger charge is 2.37. The van der Waals surface area contributed by atoms with Crippen LogP contribution in [0, 0.1) is 5.92 Å². The van der Waals surface area contributed by atoms with E-state index in [0.29, 0.717) is 26.1 Å². The van der Waals surface area contributed by atoms with Gasteiger partial charge in [-0.2, -0.15) is 0 Å². The van der Waals surface area contributed by atoms with E-state index in [1.54, 1.807) is 12.1 Å². The molecule has 1 fully saturated rings. The minimum absolute atomic E-state index is 0.0275. The highest BCUT2D eigenvalue weighted by molar-refractivity contribution is 5.87. The summed E-state index contributed by atoms with van der Waals surface area (Å²) in [6.45, 7) is 5.76. The van der Waals surface area contributed by atoms with Crippen molar-refractivity contribution < 1.29 is 9.59 Å². The molecule has 0 aliphatic carbocycles. The van der Waals surface area contributed by atoms with Crippen molar-refractivity contribution >= 4 is 11.9 Å². The first kappa shape index (κ1) is 22.1. The number of hydrogen-bond donors (Lipinski definition) is 2. The van der Waals surface area contributed by atoms with Crippen molar-refractivity contribution in [3.05, 3.63) is 70.1 Å². The second-order valence-corrected chi connectivity index (χ2v) is 9.11. The van der Waals surface area contributed by atoms with Crippen LogP contribution in [0.2, 0.25) is 0 Å². The summed E-state index contributed by atoms with van der Waals surface area (Å²) in [6.07, 6.45) is 2.24. The molecule has 2 aliphatic rings. The van der Waals surface area contributed by atoms with E-state index in [1.807, 2.05) is 59.7 Å². The van der Waals surface area contributed by atoms with E-state index in [4.69, 9.17) is 0 Å². The minimum atomic E-state index is -0.643. The van der Waals surface area contributed by atoms with Crippen LogP contribution in [0.4, 0.5) is 4.79 Å². The Morgan fingerprint density at radius 2 is 1.81 bits per heavy atom. The van der Waals surface area contributed by atoms with Gasteiger partial charge in [-0.25, -0.2) is 4.79 Å². The Labute approximate surface area is 188 Å². The highest BCUT2D eigenvalue weighted by Crippen LogP contribution is 2.34. The lowest BCUT2D eigenvalue weighted by molar-refractivity contribution is -0.123. The number of nitrogens with zero attached hydrogens (tertiary/aromatic N) is 2. The molecule has 0 radical (unpaired) electrons. The van der Waals surface area contributed by atoms with Crippen molar-refractivity contribution in [2.24, 2.45) is 5.92 Å². The van der Waals surface area contributed by atoms with Gasteiger partial charge in [0.1, 0.15) is 6.04 Å². The lowest BCUT2D eigenvalue weighted by Crippen LogP contribution is -2.57. The smallest absolute Gasteiger partial charge is 0.318 e. The molecule has 2 aliphatic heterocycles. The number of urea groups is 1. The number of hydrogen-bond acceptors (Lipinski definition) is 3. The second-order valence-electron chi connectivity index (χ2n) is 9.11. The largest absolute Gasteiger partial charge is 0.352 e. The van der Waals surface area contributed by atoms with E-state index in [-0.39, 0.29) is 35.4 Å². The maximum atomic E-state index is 13.2. The lowest BCUT2D eigenvalue weighted by atomic mass is 9.83. The molecule has 32 heavy (non-hydrogen) atoms. The topological polar surface area (TPSA) is 83.4 Å². The van der Waals surface area contributed by atoms with Gasteiger partial charge in [0.15, 0.2) is 0 Å². The highest BCUT2D eigenvalue weighted by atomic mass is 16.2. The summed E-state index contributed by atoms with van der Waals surface area (Å²) < 4.78 is 1.85. The van der Waals surface area contributed by atoms with Crippen LogP contribution in [-0.2, 0) is 17.8 Å². The number of aromatic nitrogens is 1. The third-order valence-electron chi connectivity index (χ3n) is 6.66. The van der Waals surface area contributed by atoms with Crippen molar-refractivity contribution in [2.45, 2.75) is 57.7 Å². The lowest BCUT2D eigenvalue weighted by Gasteiger charge is -2.43. The first-order valence-corrected chi connectivity index (χ1v) is 11.5. The standard InChI is InChI=1S/C25H32N4O3/c1-3-17(2)26-24(31)21(13-18-8-5-4-6-9-18)27-25(32)28-14-19-12-20(16-28)22-10-7-11-23(30)29(22)15-19/h4-11,17,19-21H,3,12-16H2,1-2H3,(H,26,31)(H,27,32)/t17?,19-,20+,21+/m1/s1. The van der Waals surface area contributed by atoms with E-state index >= 15 is 0 Å². The Morgan fingerprint density at radius 3 is 2.56 bits per heavy atom. The summed E-state index contributed by atoms with van der Waals surface area (Å²) in [5.74, 6) is 0.225. The number of nitrogens with one attached hydrogen (secondary N) is 2. The zero-order valence-electron chi connectivity index (χ0n) is 18.8. The Hall–Kier alpha value is -3.09. The first-order valence-electron chi connectivity index (χ1n) is 11.5. The molecule has 7 heteroatoms. The maximum absolute atomic E-state index is 13.2. The number of fused-ring (bicyclic) bond motifs is 4. The molecule has 1 saturated heterocycles. The molecular weight excluding hydrogens is 404 g/mol. The summed E-state index contributed by atoms with van der Waals surface area (Å²) in [5.41, 5.74) is 2.03. The molecular formula is C25H32N4O3. The van der Waals surface area contributed by atoms with E-state index in [0.717, 1.165) is 24.1 Å². The third-order valence-corrected chi connectivity index (χ3v) is 6.66. The predicted octanol–water partition coefficient (Wildman–Crippen LogP) is 2.50. The minimum Gasteiger partial charge on any atom is -0.352 e. The fourth-order valence-electron chi connectivity index (χ4n) is 4.81. The quantitative estimate of drug-likeness (QED) is 0.730. The van der Waals surface area contributed by atoms with Crippen molar-refractivity contribution in [1.29, 1.82) is 0 Å². The summed E-state index contributed by atoms with van der Waals surface area (Å²) >= 11 is 0. The van der Waals surface area contributed by atoms with Crippen molar-refractivity contribution in [2.75, 3.05) is 13.1 Å². The predicted molar refractivity (Wildman–Crippen MR) is 123 cm³/mol. The third kappa shape index (κ3) is 4.87. The number of pyridine rings is 1. The molecule has 3 amide bonds. The van der Waals surface area contributed by atoms with Gasteiger partial charge in [-0.1, -0.05) is 43.3 Å². The van der Waals surface area contributed by atoms with Crippen LogP contribution < -0.4 is 16.2 Å². The number of piperidine rings is 1. The molecule has 3 heterocycles. The number of rotatable bonds is 6. The molecule has 1 aromatic heterocycles. The van der Waals surface area contributed by atoms with E-state index < -0.39 is 6.04 Å². The average molecular weight is 437 g/mol. The SMILES string of the molecule is CCC(C)NC(=O)[C@H](Cc1ccccc1)NC(=O)N1C[C@H]2C[C@@H](C1)c1cccc(=O)n1C2. The zero-order chi connectivity index (χ0) is 22.7. The molecule has 1 aromatic carbocycles. The van der Waals surface area contributed by atoms with Gasteiger partial charge >= 0.3 is 6.03 Å². The number of amides is 3. The van der Waals surface area contributed by atoms with Crippen LogP contribution in [0.1, 0.15) is 43.9 Å². The van der Waals surface area contributed by atoms with Gasteiger partial charge in [0.05, 0.1) is 0 Å². The van der Waals surface area contributed by atoms with Crippen LogP contribution in [0.25, 0.3) is 0 Å². The molecule has 2 N–H and O–H groups in total. The fourth-order valence-corrected chi connectivity index (χ4v) is 4.81. The van der Waals surface area contributed by atoms with E-state index in [2.05, 4.69) is 10.6 Å². The Bertz CT molecular complexity index is 1020. The van der Waals surface area contributed by atoms with Crippen LogP contribution in [0.15, 0.2) is 53.3 Å². The zero-order valence-corrected chi connectivity index (χ0v) is 18.8. The number of benzene rings is 1. The maximum Gasteiger partial charge on any atom is 0.318 e. The molecule has 7 nitrogen and oxygen atoms in total. The molecule has 2 bridgehead atoms. The van der Waals surface area contributed by atoms with Crippen molar-refractivity contribution in [1.82, 2.24) is 20.1 Å². The first-order chi connectivity index (χ1) is 15.4. The summed E-state index contributed by atoms with van der Waals surface area (Å²) in [6, 6.07) is 14.3. The van der Waals surface area contributed by atoms with Crippen LogP contribution >= 0.6 is 0 Å². The summed E-state index contributed by atoms with van der Waals surface area (Å²) in [7, 11) is 0. The van der Waals surface area contributed by atoms with Gasteiger partial charge in [0, 0.05) is 49.8 Å². The van der Waals surface area contributed by atoms with Gasteiger partial charge in [-0.15, -0.1) is 0 Å². The summed E-state index contributed by atoms with van der Waals surface area (Å²) in [4.78, 5) is 40.2. The molecule has 4 atom stereocenters. The van der Waals surface area contributed by atoms with Crippen LogP contribution in [-0.4, -0.2) is 46.6 Å². The fraction of sp³-hybridized carbons (Fsp3) is 0.480. The number of likely N-dealkylation sites (tertiary alicyclic amines) is 1. The average Bonchev–Trinajstić information content (AvgIpc) is 2.79. The molecule has 4 rings (SSSR count). The number of carbonyl (C=O) groups excluding carboxylic acids is 2.